The lowest BCUT2D eigenvalue weighted by molar-refractivity contribution is 0.669. The second-order valence-corrected chi connectivity index (χ2v) is 13.6. The largest absolute Gasteiger partial charge is 0.456 e. The van der Waals surface area contributed by atoms with Crippen LogP contribution in [0.25, 0.3) is 109 Å². The molecule has 0 aliphatic heterocycles. The Kier molecular flexibility index (Phi) is 6.02. The molecule has 236 valence electrons. The van der Waals surface area contributed by atoms with Crippen molar-refractivity contribution in [1.82, 2.24) is 0 Å². The van der Waals surface area contributed by atoms with Crippen LogP contribution in [-0.4, -0.2) is 0 Å². The summed E-state index contributed by atoms with van der Waals surface area (Å²) in [5.41, 5.74) is 9.27. The van der Waals surface area contributed by atoms with Crippen molar-refractivity contribution in [2.24, 2.45) is 0 Å². The van der Waals surface area contributed by atoms with Crippen LogP contribution >= 0.6 is 0 Å². The standard InChI is InChI=1S/C50H30O/c1-2-13-31(14-3-1)49-39-20-6-8-22-41(39)50(42-23-9-7-21-40(42)49)34-16-12-15-32(27-34)33-25-26-37-43(28-33)35-17-4-5-18-36(35)44-29-46-38-19-10-11-24-47(38)51-48(46)30-45(37)44/h1-30H. The Labute approximate surface area is 294 Å². The summed E-state index contributed by atoms with van der Waals surface area (Å²) in [7, 11) is 0. The highest BCUT2D eigenvalue weighted by Gasteiger charge is 2.18. The molecule has 0 amide bonds. The zero-order valence-electron chi connectivity index (χ0n) is 27.7. The van der Waals surface area contributed by atoms with Gasteiger partial charge in [0.1, 0.15) is 11.2 Å². The summed E-state index contributed by atoms with van der Waals surface area (Å²) in [6, 6.07) is 66.3. The summed E-state index contributed by atoms with van der Waals surface area (Å²) in [6.07, 6.45) is 0. The van der Waals surface area contributed by atoms with Gasteiger partial charge in [-0.1, -0.05) is 152 Å². The number of hydrogen-bond acceptors (Lipinski definition) is 1. The van der Waals surface area contributed by atoms with Crippen LogP contribution in [0.3, 0.4) is 0 Å². The summed E-state index contributed by atoms with van der Waals surface area (Å²) >= 11 is 0. The Hall–Kier alpha value is -6.70. The molecular weight excluding hydrogens is 617 g/mol. The van der Waals surface area contributed by atoms with E-state index in [1.165, 1.54) is 87.2 Å². The molecule has 1 heterocycles. The topological polar surface area (TPSA) is 13.1 Å². The molecule has 0 atom stereocenters. The third-order valence-corrected chi connectivity index (χ3v) is 10.8. The molecule has 0 aliphatic rings. The maximum Gasteiger partial charge on any atom is 0.136 e. The first-order valence-corrected chi connectivity index (χ1v) is 17.6. The van der Waals surface area contributed by atoms with Gasteiger partial charge in [-0.25, -0.2) is 0 Å². The highest BCUT2D eigenvalue weighted by atomic mass is 16.3. The Morgan fingerprint density at radius 1 is 0.216 bits per heavy atom. The first-order chi connectivity index (χ1) is 25.3. The molecular formula is C50H30O. The van der Waals surface area contributed by atoms with Crippen LogP contribution in [0.5, 0.6) is 0 Å². The SMILES string of the molecule is c1ccc(-c2c3ccccc3c(-c3cccc(-c4ccc5c(c4)c4ccccc4c4cc6c(cc54)oc4ccccc46)c3)c3ccccc23)cc1. The Morgan fingerprint density at radius 3 is 1.37 bits per heavy atom. The van der Waals surface area contributed by atoms with Gasteiger partial charge in [0.05, 0.1) is 0 Å². The number of benzene rings is 10. The van der Waals surface area contributed by atoms with Crippen molar-refractivity contribution < 1.29 is 4.42 Å². The van der Waals surface area contributed by atoms with E-state index >= 15 is 0 Å². The molecule has 1 aromatic heterocycles. The molecule has 0 saturated heterocycles. The molecule has 11 aromatic rings. The minimum absolute atomic E-state index is 0.925. The second kappa shape index (κ2) is 10.9. The molecule has 11 rings (SSSR count). The van der Waals surface area contributed by atoms with Crippen LogP contribution in [0.4, 0.5) is 0 Å². The molecule has 10 aromatic carbocycles. The van der Waals surface area contributed by atoms with E-state index in [2.05, 4.69) is 176 Å². The van der Waals surface area contributed by atoms with Crippen LogP contribution in [0.2, 0.25) is 0 Å². The number of hydrogen-bond donors (Lipinski definition) is 0. The molecule has 0 unspecified atom stereocenters. The molecule has 0 bridgehead atoms. The van der Waals surface area contributed by atoms with Gasteiger partial charge in [-0.05, 0) is 118 Å². The van der Waals surface area contributed by atoms with Crippen molar-refractivity contribution in [3.63, 3.8) is 0 Å². The predicted octanol–water partition coefficient (Wildman–Crippen LogP) is 14.4. The van der Waals surface area contributed by atoms with Gasteiger partial charge in [-0.15, -0.1) is 0 Å². The first kappa shape index (κ1) is 28.2. The fourth-order valence-electron chi connectivity index (χ4n) is 8.56. The van der Waals surface area contributed by atoms with Gasteiger partial charge in [0.25, 0.3) is 0 Å². The monoisotopic (exact) mass is 646 g/mol. The van der Waals surface area contributed by atoms with Gasteiger partial charge in [0, 0.05) is 10.8 Å². The Morgan fingerprint density at radius 2 is 0.686 bits per heavy atom. The summed E-state index contributed by atoms with van der Waals surface area (Å²) in [5.74, 6) is 0. The quantitative estimate of drug-likeness (QED) is 0.138. The molecule has 1 nitrogen and oxygen atoms in total. The third-order valence-electron chi connectivity index (χ3n) is 10.8. The molecule has 0 radical (unpaired) electrons. The van der Waals surface area contributed by atoms with Crippen LogP contribution in [0.15, 0.2) is 186 Å². The highest BCUT2D eigenvalue weighted by Crippen LogP contribution is 2.45. The molecule has 0 aliphatic carbocycles. The van der Waals surface area contributed by atoms with Crippen molar-refractivity contribution in [3.8, 4) is 33.4 Å². The lowest BCUT2D eigenvalue weighted by Gasteiger charge is -2.18. The molecule has 1 heteroatoms. The van der Waals surface area contributed by atoms with Gasteiger partial charge in [-0.3, -0.25) is 0 Å². The van der Waals surface area contributed by atoms with Gasteiger partial charge in [-0.2, -0.15) is 0 Å². The summed E-state index contributed by atoms with van der Waals surface area (Å²) in [6.45, 7) is 0. The van der Waals surface area contributed by atoms with E-state index in [1.807, 2.05) is 6.07 Å². The van der Waals surface area contributed by atoms with Crippen LogP contribution < -0.4 is 0 Å². The lowest BCUT2D eigenvalue weighted by Crippen LogP contribution is -1.91. The van der Waals surface area contributed by atoms with Crippen molar-refractivity contribution in [2.45, 2.75) is 0 Å². The molecule has 0 spiro atoms. The van der Waals surface area contributed by atoms with Gasteiger partial charge < -0.3 is 4.42 Å². The first-order valence-electron chi connectivity index (χ1n) is 17.6. The van der Waals surface area contributed by atoms with E-state index in [0.29, 0.717) is 0 Å². The van der Waals surface area contributed by atoms with Crippen LogP contribution in [0.1, 0.15) is 0 Å². The van der Waals surface area contributed by atoms with E-state index in [9.17, 15) is 0 Å². The summed E-state index contributed by atoms with van der Waals surface area (Å²) in [4.78, 5) is 0. The molecule has 0 saturated carbocycles. The van der Waals surface area contributed by atoms with Crippen molar-refractivity contribution in [2.75, 3.05) is 0 Å². The molecule has 0 N–H and O–H groups in total. The molecule has 51 heavy (non-hydrogen) atoms. The van der Waals surface area contributed by atoms with Crippen molar-refractivity contribution in [3.05, 3.63) is 182 Å². The number of fused-ring (bicyclic) bond motifs is 11. The number of para-hydroxylation sites is 1. The maximum atomic E-state index is 6.36. The van der Waals surface area contributed by atoms with E-state index in [0.717, 1.165) is 21.9 Å². The average Bonchev–Trinajstić information content (AvgIpc) is 3.57. The fraction of sp³-hybridized carbons (Fsp3) is 0. The van der Waals surface area contributed by atoms with Crippen LogP contribution in [0, 0.1) is 0 Å². The van der Waals surface area contributed by atoms with E-state index in [1.54, 1.807) is 0 Å². The van der Waals surface area contributed by atoms with Crippen LogP contribution in [-0.2, 0) is 0 Å². The fourth-order valence-corrected chi connectivity index (χ4v) is 8.56. The lowest BCUT2D eigenvalue weighted by atomic mass is 9.85. The predicted molar refractivity (Wildman–Crippen MR) is 218 cm³/mol. The minimum Gasteiger partial charge on any atom is -0.456 e. The van der Waals surface area contributed by atoms with Crippen molar-refractivity contribution in [1.29, 1.82) is 0 Å². The Balaban J connectivity index is 1.14. The van der Waals surface area contributed by atoms with Crippen molar-refractivity contribution >= 4 is 75.8 Å². The summed E-state index contributed by atoms with van der Waals surface area (Å²) in [5, 5.41) is 14.9. The molecule has 0 fully saturated rings. The number of rotatable bonds is 3. The van der Waals surface area contributed by atoms with Gasteiger partial charge >= 0.3 is 0 Å². The number of furan rings is 1. The van der Waals surface area contributed by atoms with E-state index in [4.69, 9.17) is 4.42 Å². The second-order valence-electron chi connectivity index (χ2n) is 13.6. The minimum atomic E-state index is 0.925. The zero-order valence-corrected chi connectivity index (χ0v) is 27.7. The zero-order chi connectivity index (χ0) is 33.5. The van der Waals surface area contributed by atoms with Gasteiger partial charge in [0.15, 0.2) is 0 Å². The maximum absolute atomic E-state index is 6.36. The normalized spacial score (nSPS) is 11.9. The van der Waals surface area contributed by atoms with E-state index in [-0.39, 0.29) is 0 Å². The van der Waals surface area contributed by atoms with Gasteiger partial charge in [0.2, 0.25) is 0 Å². The Bertz CT molecular complexity index is 3130. The third kappa shape index (κ3) is 4.22. The summed E-state index contributed by atoms with van der Waals surface area (Å²) < 4.78 is 6.36. The highest BCUT2D eigenvalue weighted by molar-refractivity contribution is 6.29. The average molecular weight is 647 g/mol. The smallest absolute Gasteiger partial charge is 0.136 e. The van der Waals surface area contributed by atoms with E-state index < -0.39 is 0 Å².